The van der Waals surface area contributed by atoms with Crippen LogP contribution < -0.4 is 4.90 Å². The minimum absolute atomic E-state index is 0.0823. The minimum atomic E-state index is -0.0823. The molecule has 1 amide bonds. The molecule has 2 aromatic carbocycles. The van der Waals surface area contributed by atoms with Crippen molar-refractivity contribution < 1.29 is 9.53 Å². The third-order valence-corrected chi connectivity index (χ3v) is 6.57. The number of ether oxygens (including phenoxy) is 1. The van der Waals surface area contributed by atoms with Crippen LogP contribution in [0.15, 0.2) is 59.8 Å². The third-order valence-electron chi connectivity index (χ3n) is 5.37. The van der Waals surface area contributed by atoms with Gasteiger partial charge in [-0.3, -0.25) is 9.36 Å². The van der Waals surface area contributed by atoms with Crippen molar-refractivity contribution in [2.75, 3.05) is 23.8 Å². The van der Waals surface area contributed by atoms with E-state index in [0.717, 1.165) is 36.5 Å². The van der Waals surface area contributed by atoms with Gasteiger partial charge in [0.2, 0.25) is 5.91 Å². The van der Waals surface area contributed by atoms with Crippen LogP contribution in [0, 0.1) is 11.3 Å². The molecule has 170 valence electrons. The van der Waals surface area contributed by atoms with Gasteiger partial charge in [0.1, 0.15) is 0 Å². The van der Waals surface area contributed by atoms with E-state index in [-0.39, 0.29) is 24.2 Å². The van der Waals surface area contributed by atoms with E-state index in [1.807, 2.05) is 59.2 Å². The lowest BCUT2D eigenvalue weighted by atomic mass is 10.2. The van der Waals surface area contributed by atoms with Crippen LogP contribution in [0.4, 0.5) is 5.69 Å². The SMILES string of the molecule is N#CCCN(C(=O)CSc1nnc(-c2ccc(Cl)cc2)n1C[C@H]1CCCO1)c1ccccc1. The van der Waals surface area contributed by atoms with Crippen LogP contribution in [0.2, 0.25) is 5.02 Å². The zero-order chi connectivity index (χ0) is 23.0. The second-order valence-electron chi connectivity index (χ2n) is 7.64. The molecule has 4 rings (SSSR count). The summed E-state index contributed by atoms with van der Waals surface area (Å²) < 4.78 is 7.87. The van der Waals surface area contributed by atoms with Crippen molar-refractivity contribution in [1.29, 1.82) is 5.26 Å². The highest BCUT2D eigenvalue weighted by Crippen LogP contribution is 2.28. The van der Waals surface area contributed by atoms with Crippen molar-refractivity contribution >= 4 is 35.0 Å². The van der Waals surface area contributed by atoms with Gasteiger partial charge >= 0.3 is 0 Å². The summed E-state index contributed by atoms with van der Waals surface area (Å²) in [5.41, 5.74) is 1.68. The number of nitriles is 1. The summed E-state index contributed by atoms with van der Waals surface area (Å²) in [6.07, 6.45) is 2.38. The monoisotopic (exact) mass is 481 g/mol. The number of thioether (sulfide) groups is 1. The molecule has 0 radical (unpaired) electrons. The molecule has 0 spiro atoms. The first kappa shape index (κ1) is 23.3. The molecule has 0 bridgehead atoms. The number of carbonyl (C=O) groups excluding carboxylic acids is 1. The number of aromatic nitrogens is 3. The predicted molar refractivity (Wildman–Crippen MR) is 129 cm³/mol. The van der Waals surface area contributed by atoms with Crippen molar-refractivity contribution in [2.24, 2.45) is 0 Å². The number of para-hydroxylation sites is 1. The Morgan fingerprint density at radius 2 is 2.00 bits per heavy atom. The molecule has 1 aliphatic rings. The summed E-state index contributed by atoms with van der Waals surface area (Å²) in [5.74, 6) is 0.826. The quantitative estimate of drug-likeness (QED) is 0.407. The van der Waals surface area contributed by atoms with Gasteiger partial charge in [-0.05, 0) is 49.2 Å². The van der Waals surface area contributed by atoms with Gasteiger partial charge in [-0.2, -0.15) is 5.26 Å². The molecule has 7 nitrogen and oxygen atoms in total. The molecule has 1 fully saturated rings. The van der Waals surface area contributed by atoms with Gasteiger partial charge in [-0.15, -0.1) is 10.2 Å². The van der Waals surface area contributed by atoms with Gasteiger partial charge in [0.15, 0.2) is 11.0 Å². The zero-order valence-electron chi connectivity index (χ0n) is 18.1. The maximum Gasteiger partial charge on any atom is 0.237 e. The molecule has 0 N–H and O–H groups in total. The number of amides is 1. The molecule has 0 saturated carbocycles. The largest absolute Gasteiger partial charge is 0.376 e. The highest BCUT2D eigenvalue weighted by molar-refractivity contribution is 7.99. The fourth-order valence-electron chi connectivity index (χ4n) is 3.74. The first-order chi connectivity index (χ1) is 16.2. The average molecular weight is 482 g/mol. The average Bonchev–Trinajstić information content (AvgIpc) is 3.50. The van der Waals surface area contributed by atoms with Gasteiger partial charge in [-0.1, -0.05) is 41.6 Å². The lowest BCUT2D eigenvalue weighted by molar-refractivity contribution is -0.116. The minimum Gasteiger partial charge on any atom is -0.376 e. The number of halogens is 1. The molecule has 1 aliphatic heterocycles. The molecule has 3 aromatic rings. The molecule has 1 atom stereocenters. The molecule has 2 heterocycles. The van der Waals surface area contributed by atoms with Gasteiger partial charge in [0, 0.05) is 29.4 Å². The van der Waals surface area contributed by atoms with E-state index in [4.69, 9.17) is 21.6 Å². The highest BCUT2D eigenvalue weighted by Gasteiger charge is 2.23. The summed E-state index contributed by atoms with van der Waals surface area (Å²) in [7, 11) is 0. The van der Waals surface area contributed by atoms with E-state index in [9.17, 15) is 4.79 Å². The number of nitrogens with zero attached hydrogens (tertiary/aromatic N) is 5. The first-order valence-corrected chi connectivity index (χ1v) is 12.2. The summed E-state index contributed by atoms with van der Waals surface area (Å²) in [4.78, 5) is 14.7. The zero-order valence-corrected chi connectivity index (χ0v) is 19.6. The molecular formula is C24H24ClN5O2S. The topological polar surface area (TPSA) is 84.0 Å². The third kappa shape index (κ3) is 5.93. The molecule has 9 heteroatoms. The molecule has 0 aliphatic carbocycles. The Hall–Kier alpha value is -2.86. The molecular weight excluding hydrogens is 458 g/mol. The summed E-state index contributed by atoms with van der Waals surface area (Å²) >= 11 is 7.40. The van der Waals surface area contributed by atoms with E-state index < -0.39 is 0 Å². The number of anilines is 1. The van der Waals surface area contributed by atoms with E-state index in [1.54, 1.807) is 4.90 Å². The number of hydrogen-bond acceptors (Lipinski definition) is 6. The van der Waals surface area contributed by atoms with Crippen molar-refractivity contribution in [3.63, 3.8) is 0 Å². The molecule has 0 unspecified atom stereocenters. The van der Waals surface area contributed by atoms with Crippen molar-refractivity contribution in [2.45, 2.75) is 37.1 Å². The normalized spacial score (nSPS) is 15.3. The second kappa shape index (κ2) is 11.3. The molecule has 1 aromatic heterocycles. The van der Waals surface area contributed by atoms with Crippen LogP contribution >= 0.6 is 23.4 Å². The van der Waals surface area contributed by atoms with Gasteiger partial charge in [0.05, 0.1) is 30.9 Å². The highest BCUT2D eigenvalue weighted by atomic mass is 35.5. The van der Waals surface area contributed by atoms with Crippen LogP contribution in [-0.2, 0) is 16.1 Å². The number of benzene rings is 2. The number of carbonyl (C=O) groups is 1. The lowest BCUT2D eigenvalue weighted by Crippen LogP contribution is -2.33. The van der Waals surface area contributed by atoms with Gasteiger partial charge < -0.3 is 9.64 Å². The summed E-state index contributed by atoms with van der Waals surface area (Å²) in [6.45, 7) is 1.73. The van der Waals surface area contributed by atoms with E-state index in [0.29, 0.717) is 23.3 Å². The van der Waals surface area contributed by atoms with Gasteiger partial charge in [0.25, 0.3) is 0 Å². The van der Waals surface area contributed by atoms with E-state index in [2.05, 4.69) is 16.3 Å². The molecule has 33 heavy (non-hydrogen) atoms. The Morgan fingerprint density at radius 1 is 1.21 bits per heavy atom. The second-order valence-corrected chi connectivity index (χ2v) is 9.02. The van der Waals surface area contributed by atoms with Crippen molar-refractivity contribution in [1.82, 2.24) is 14.8 Å². The number of hydrogen-bond donors (Lipinski definition) is 0. The Bertz CT molecular complexity index is 1110. The fraction of sp³-hybridized carbons (Fsp3) is 0.333. The maximum absolute atomic E-state index is 13.1. The maximum atomic E-state index is 13.1. The standard InChI is InChI=1S/C24H24ClN5O2S/c25-19-11-9-18(10-12-19)23-27-28-24(30(23)16-21-8-4-15-32-21)33-17-22(31)29(14-5-13-26)20-6-2-1-3-7-20/h1-3,6-7,9-12,21H,4-5,8,14-17H2/t21-/m1/s1. The van der Waals surface area contributed by atoms with Crippen LogP contribution in [0.1, 0.15) is 19.3 Å². The van der Waals surface area contributed by atoms with E-state index in [1.165, 1.54) is 11.8 Å². The van der Waals surface area contributed by atoms with Crippen LogP contribution in [0.5, 0.6) is 0 Å². The van der Waals surface area contributed by atoms with Crippen LogP contribution in [0.3, 0.4) is 0 Å². The fourth-order valence-corrected chi connectivity index (χ4v) is 4.69. The first-order valence-electron chi connectivity index (χ1n) is 10.8. The van der Waals surface area contributed by atoms with Crippen LogP contribution in [-0.4, -0.2) is 45.7 Å². The number of rotatable bonds is 9. The smallest absolute Gasteiger partial charge is 0.237 e. The Balaban J connectivity index is 1.54. The van der Waals surface area contributed by atoms with E-state index >= 15 is 0 Å². The Labute approximate surface area is 202 Å². The predicted octanol–water partition coefficient (Wildman–Crippen LogP) is 4.82. The van der Waals surface area contributed by atoms with Crippen molar-refractivity contribution in [3.05, 3.63) is 59.6 Å². The summed E-state index contributed by atoms with van der Waals surface area (Å²) in [6, 6.07) is 19.0. The lowest BCUT2D eigenvalue weighted by Gasteiger charge is -2.21. The Kier molecular flexibility index (Phi) is 8.00. The van der Waals surface area contributed by atoms with Crippen molar-refractivity contribution in [3.8, 4) is 17.5 Å². The summed E-state index contributed by atoms with van der Waals surface area (Å²) in [5, 5.41) is 19.1. The van der Waals surface area contributed by atoms with Crippen LogP contribution in [0.25, 0.3) is 11.4 Å². The van der Waals surface area contributed by atoms with Gasteiger partial charge in [-0.25, -0.2) is 0 Å². The molecule has 1 saturated heterocycles. The Morgan fingerprint density at radius 3 is 2.70 bits per heavy atom.